The Morgan fingerprint density at radius 1 is 1.20 bits per heavy atom. The molecule has 0 aromatic rings. The zero-order chi connectivity index (χ0) is 14.6. The lowest BCUT2D eigenvalue weighted by Crippen LogP contribution is -2.39. The molecule has 0 bridgehead atoms. The SMILES string of the molecule is O=C(O)CS(=O)(=O)N1CCCN(CC2CCCO2)CC1. The van der Waals surface area contributed by atoms with E-state index in [0.717, 1.165) is 39.0 Å². The van der Waals surface area contributed by atoms with E-state index < -0.39 is 21.7 Å². The van der Waals surface area contributed by atoms with Crippen molar-refractivity contribution in [2.45, 2.75) is 25.4 Å². The van der Waals surface area contributed by atoms with Gasteiger partial charge in [0, 0.05) is 32.8 Å². The second kappa shape index (κ2) is 6.84. The van der Waals surface area contributed by atoms with Crippen LogP contribution >= 0.6 is 0 Å². The van der Waals surface area contributed by atoms with Gasteiger partial charge in [-0.2, -0.15) is 0 Å². The van der Waals surface area contributed by atoms with Gasteiger partial charge in [-0.3, -0.25) is 9.69 Å². The first-order chi connectivity index (χ1) is 9.47. The van der Waals surface area contributed by atoms with Crippen molar-refractivity contribution in [1.82, 2.24) is 9.21 Å². The van der Waals surface area contributed by atoms with Gasteiger partial charge in [0.25, 0.3) is 0 Å². The second-order valence-corrected chi connectivity index (χ2v) is 7.31. The molecule has 2 rings (SSSR count). The van der Waals surface area contributed by atoms with Crippen LogP contribution in [0.1, 0.15) is 19.3 Å². The molecule has 1 N–H and O–H groups in total. The van der Waals surface area contributed by atoms with Crippen LogP contribution in [-0.2, 0) is 19.6 Å². The van der Waals surface area contributed by atoms with Gasteiger partial charge in [0.2, 0.25) is 10.0 Å². The van der Waals surface area contributed by atoms with Gasteiger partial charge >= 0.3 is 5.97 Å². The van der Waals surface area contributed by atoms with Crippen LogP contribution in [0.25, 0.3) is 0 Å². The van der Waals surface area contributed by atoms with Gasteiger partial charge < -0.3 is 9.84 Å². The third-order valence-corrected chi connectivity index (χ3v) is 5.50. The molecule has 8 heteroatoms. The molecule has 2 aliphatic rings. The highest BCUT2D eigenvalue weighted by Crippen LogP contribution is 2.15. The first-order valence-corrected chi connectivity index (χ1v) is 8.62. The molecule has 2 aliphatic heterocycles. The minimum atomic E-state index is -3.68. The predicted octanol–water partition coefficient (Wildman–Crippen LogP) is -0.412. The number of nitrogens with zero attached hydrogens (tertiary/aromatic N) is 2. The molecule has 116 valence electrons. The van der Waals surface area contributed by atoms with E-state index in [0.29, 0.717) is 19.6 Å². The summed E-state index contributed by atoms with van der Waals surface area (Å²) < 4.78 is 30.7. The third kappa shape index (κ3) is 4.41. The summed E-state index contributed by atoms with van der Waals surface area (Å²) in [6, 6.07) is 0. The number of carboxylic acid groups (broad SMARTS) is 1. The van der Waals surface area contributed by atoms with Gasteiger partial charge in [0.15, 0.2) is 5.75 Å². The molecule has 1 unspecified atom stereocenters. The summed E-state index contributed by atoms with van der Waals surface area (Å²) in [5.74, 6) is -2.12. The maximum atomic E-state index is 11.9. The number of ether oxygens (including phenoxy) is 1. The second-order valence-electron chi connectivity index (χ2n) is 5.34. The zero-order valence-electron chi connectivity index (χ0n) is 11.5. The smallest absolute Gasteiger partial charge is 0.320 e. The standard InChI is InChI=1S/C12H22N2O5S/c15-12(16)10-20(17,18)14-5-2-4-13(6-7-14)9-11-3-1-8-19-11/h11H,1-10H2,(H,15,16). The monoisotopic (exact) mass is 306 g/mol. The van der Waals surface area contributed by atoms with Gasteiger partial charge in [-0.1, -0.05) is 0 Å². The Bertz CT molecular complexity index is 433. The maximum Gasteiger partial charge on any atom is 0.320 e. The number of hydrogen-bond donors (Lipinski definition) is 1. The Hall–Kier alpha value is -0.700. The number of rotatable bonds is 5. The van der Waals surface area contributed by atoms with Crippen LogP contribution < -0.4 is 0 Å². The third-order valence-electron chi connectivity index (χ3n) is 3.73. The van der Waals surface area contributed by atoms with Crippen molar-refractivity contribution in [3.05, 3.63) is 0 Å². The number of sulfonamides is 1. The summed E-state index contributed by atoms with van der Waals surface area (Å²) in [4.78, 5) is 12.8. The van der Waals surface area contributed by atoms with Crippen LogP contribution in [-0.4, -0.2) is 79.9 Å². The molecule has 2 heterocycles. The summed E-state index contributed by atoms with van der Waals surface area (Å²) in [5.41, 5.74) is 0. The highest BCUT2D eigenvalue weighted by molar-refractivity contribution is 7.89. The maximum absolute atomic E-state index is 11.9. The Kier molecular flexibility index (Phi) is 5.36. The highest BCUT2D eigenvalue weighted by atomic mass is 32.2. The molecule has 2 fully saturated rings. The van der Waals surface area contributed by atoms with E-state index in [9.17, 15) is 13.2 Å². The van der Waals surface area contributed by atoms with Crippen LogP contribution in [0, 0.1) is 0 Å². The van der Waals surface area contributed by atoms with Crippen molar-refractivity contribution in [3.63, 3.8) is 0 Å². The Morgan fingerprint density at radius 2 is 2.00 bits per heavy atom. The molecule has 0 aromatic heterocycles. The molecule has 0 spiro atoms. The van der Waals surface area contributed by atoms with E-state index in [1.807, 2.05) is 0 Å². The molecule has 0 aromatic carbocycles. The lowest BCUT2D eigenvalue weighted by molar-refractivity contribution is -0.134. The van der Waals surface area contributed by atoms with Crippen LogP contribution in [0.3, 0.4) is 0 Å². The van der Waals surface area contributed by atoms with E-state index in [2.05, 4.69) is 4.90 Å². The van der Waals surface area contributed by atoms with E-state index in [-0.39, 0.29) is 6.10 Å². The van der Waals surface area contributed by atoms with E-state index in [1.165, 1.54) is 4.31 Å². The lowest BCUT2D eigenvalue weighted by atomic mass is 10.2. The van der Waals surface area contributed by atoms with Crippen molar-refractivity contribution < 1.29 is 23.1 Å². The van der Waals surface area contributed by atoms with Crippen LogP contribution in [0.4, 0.5) is 0 Å². The fraction of sp³-hybridized carbons (Fsp3) is 0.917. The average molecular weight is 306 g/mol. The van der Waals surface area contributed by atoms with Crippen molar-refractivity contribution in [1.29, 1.82) is 0 Å². The largest absolute Gasteiger partial charge is 0.480 e. The van der Waals surface area contributed by atoms with Gasteiger partial charge in [0.1, 0.15) is 0 Å². The predicted molar refractivity (Wildman–Crippen MR) is 73.0 cm³/mol. The highest BCUT2D eigenvalue weighted by Gasteiger charge is 2.28. The molecular weight excluding hydrogens is 284 g/mol. The van der Waals surface area contributed by atoms with Gasteiger partial charge in [-0.25, -0.2) is 12.7 Å². The van der Waals surface area contributed by atoms with Gasteiger partial charge in [0.05, 0.1) is 6.10 Å². The summed E-state index contributed by atoms with van der Waals surface area (Å²) in [5, 5.41) is 8.66. The molecule has 7 nitrogen and oxygen atoms in total. The van der Waals surface area contributed by atoms with Crippen molar-refractivity contribution in [2.75, 3.05) is 45.1 Å². The molecule has 20 heavy (non-hydrogen) atoms. The Balaban J connectivity index is 1.86. The topological polar surface area (TPSA) is 87.1 Å². The number of carbonyl (C=O) groups is 1. The van der Waals surface area contributed by atoms with Gasteiger partial charge in [-0.15, -0.1) is 0 Å². The Morgan fingerprint density at radius 3 is 2.65 bits per heavy atom. The van der Waals surface area contributed by atoms with Crippen molar-refractivity contribution in [3.8, 4) is 0 Å². The van der Waals surface area contributed by atoms with Crippen molar-refractivity contribution in [2.24, 2.45) is 0 Å². The van der Waals surface area contributed by atoms with Crippen molar-refractivity contribution >= 4 is 16.0 Å². The van der Waals surface area contributed by atoms with E-state index in [4.69, 9.17) is 9.84 Å². The first-order valence-electron chi connectivity index (χ1n) is 7.01. The summed E-state index contributed by atoms with van der Waals surface area (Å²) >= 11 is 0. The lowest BCUT2D eigenvalue weighted by Gasteiger charge is -2.23. The molecular formula is C12H22N2O5S. The van der Waals surface area contributed by atoms with Crippen LogP contribution in [0.5, 0.6) is 0 Å². The van der Waals surface area contributed by atoms with E-state index >= 15 is 0 Å². The molecule has 0 radical (unpaired) electrons. The average Bonchev–Trinajstić information content (AvgIpc) is 2.71. The molecule has 0 amide bonds. The molecule has 0 aliphatic carbocycles. The van der Waals surface area contributed by atoms with E-state index in [1.54, 1.807) is 0 Å². The fourth-order valence-corrected chi connectivity index (χ4v) is 3.99. The van der Waals surface area contributed by atoms with Gasteiger partial charge in [-0.05, 0) is 25.8 Å². The number of aliphatic carboxylic acids is 1. The fourth-order valence-electron chi connectivity index (χ4n) is 2.73. The quantitative estimate of drug-likeness (QED) is 0.743. The Labute approximate surface area is 119 Å². The van der Waals surface area contributed by atoms with Crippen LogP contribution in [0.2, 0.25) is 0 Å². The zero-order valence-corrected chi connectivity index (χ0v) is 12.3. The summed E-state index contributed by atoms with van der Waals surface area (Å²) in [6.45, 7) is 3.89. The molecule has 2 saturated heterocycles. The normalized spacial score (nSPS) is 26.5. The number of hydrogen-bond acceptors (Lipinski definition) is 5. The number of carboxylic acids is 1. The minimum absolute atomic E-state index is 0.261. The first kappa shape index (κ1) is 15.7. The molecule has 1 atom stereocenters. The van der Waals surface area contributed by atoms with Crippen LogP contribution in [0.15, 0.2) is 0 Å². The summed E-state index contributed by atoms with van der Waals surface area (Å²) in [6.07, 6.45) is 3.15. The molecule has 0 saturated carbocycles. The minimum Gasteiger partial charge on any atom is -0.480 e. The summed E-state index contributed by atoms with van der Waals surface area (Å²) in [7, 11) is -3.68.